The summed E-state index contributed by atoms with van der Waals surface area (Å²) < 4.78 is 0. The van der Waals surface area contributed by atoms with Crippen molar-refractivity contribution in [2.45, 2.75) is 13.3 Å². The van der Waals surface area contributed by atoms with Crippen LogP contribution in [0.4, 0.5) is 5.69 Å². The molecule has 0 fully saturated rings. The number of oxime groups is 1. The molecule has 1 aromatic rings. The molecule has 110 valence electrons. The van der Waals surface area contributed by atoms with E-state index in [0.717, 1.165) is 18.7 Å². The third-order valence-electron chi connectivity index (χ3n) is 3.12. The number of hydrogen-bond acceptors (Lipinski definition) is 4. The van der Waals surface area contributed by atoms with Gasteiger partial charge in [-0.2, -0.15) is 0 Å². The summed E-state index contributed by atoms with van der Waals surface area (Å²) in [6.07, 6.45) is 0.819. The van der Waals surface area contributed by atoms with Crippen LogP contribution in [0.2, 0.25) is 0 Å². The van der Waals surface area contributed by atoms with E-state index < -0.39 is 5.92 Å². The Bertz CT molecular complexity index is 448. The zero-order chi connectivity index (χ0) is 15.0. The first kappa shape index (κ1) is 15.8. The topological polar surface area (TPSA) is 91.0 Å². The molecule has 4 N–H and O–H groups in total. The summed E-state index contributed by atoms with van der Waals surface area (Å²) in [4.78, 5) is 13.8. The molecule has 0 aliphatic carbocycles. The highest BCUT2D eigenvalue weighted by atomic mass is 16.4. The summed E-state index contributed by atoms with van der Waals surface area (Å²) in [6.45, 7) is 2.99. The van der Waals surface area contributed by atoms with E-state index in [0.29, 0.717) is 6.54 Å². The molecule has 0 spiro atoms. The van der Waals surface area contributed by atoms with Crippen LogP contribution in [0.15, 0.2) is 35.5 Å². The van der Waals surface area contributed by atoms with Gasteiger partial charge in [0.25, 0.3) is 0 Å². The SMILES string of the molecule is CC(C(=O)NCCCN(C)c1ccccc1)C(N)=NO. The van der Waals surface area contributed by atoms with Crippen LogP contribution >= 0.6 is 0 Å². The second-order valence-electron chi connectivity index (χ2n) is 4.65. The number of para-hydroxylation sites is 1. The minimum Gasteiger partial charge on any atom is -0.409 e. The van der Waals surface area contributed by atoms with Crippen molar-refractivity contribution in [3.8, 4) is 0 Å². The Morgan fingerprint density at radius 2 is 2.10 bits per heavy atom. The van der Waals surface area contributed by atoms with Gasteiger partial charge in [-0.1, -0.05) is 23.4 Å². The molecule has 1 aromatic carbocycles. The number of hydrogen-bond donors (Lipinski definition) is 3. The minimum absolute atomic E-state index is 0.0797. The number of benzene rings is 1. The van der Waals surface area contributed by atoms with E-state index >= 15 is 0 Å². The average molecular weight is 278 g/mol. The largest absolute Gasteiger partial charge is 0.409 e. The Hall–Kier alpha value is -2.24. The van der Waals surface area contributed by atoms with E-state index in [2.05, 4.69) is 15.4 Å². The number of nitrogens with one attached hydrogen (secondary N) is 1. The zero-order valence-corrected chi connectivity index (χ0v) is 11.9. The maximum absolute atomic E-state index is 11.7. The number of amidine groups is 1. The number of nitrogens with two attached hydrogens (primary N) is 1. The number of carbonyl (C=O) groups is 1. The van der Waals surface area contributed by atoms with Crippen molar-refractivity contribution in [2.24, 2.45) is 16.8 Å². The van der Waals surface area contributed by atoms with Crippen molar-refractivity contribution in [3.63, 3.8) is 0 Å². The molecular weight excluding hydrogens is 256 g/mol. The van der Waals surface area contributed by atoms with Crippen LogP contribution in [-0.2, 0) is 4.79 Å². The van der Waals surface area contributed by atoms with Crippen molar-refractivity contribution in [2.75, 3.05) is 25.0 Å². The van der Waals surface area contributed by atoms with Gasteiger partial charge < -0.3 is 21.2 Å². The van der Waals surface area contributed by atoms with Crippen LogP contribution < -0.4 is 16.0 Å². The first-order valence-corrected chi connectivity index (χ1v) is 6.57. The molecule has 0 aliphatic heterocycles. The Balaban J connectivity index is 2.27. The molecule has 0 bridgehead atoms. The van der Waals surface area contributed by atoms with Gasteiger partial charge in [0, 0.05) is 25.8 Å². The Morgan fingerprint density at radius 1 is 1.45 bits per heavy atom. The normalized spacial score (nSPS) is 12.8. The van der Waals surface area contributed by atoms with Crippen molar-refractivity contribution in [3.05, 3.63) is 30.3 Å². The van der Waals surface area contributed by atoms with Crippen molar-refractivity contribution < 1.29 is 10.0 Å². The van der Waals surface area contributed by atoms with Gasteiger partial charge in [-0.3, -0.25) is 4.79 Å². The van der Waals surface area contributed by atoms with Gasteiger partial charge >= 0.3 is 0 Å². The van der Waals surface area contributed by atoms with E-state index in [1.54, 1.807) is 6.92 Å². The van der Waals surface area contributed by atoms with Crippen LogP contribution in [0.25, 0.3) is 0 Å². The minimum atomic E-state index is -0.619. The zero-order valence-electron chi connectivity index (χ0n) is 11.9. The molecule has 0 aromatic heterocycles. The molecule has 0 saturated heterocycles. The number of nitrogens with zero attached hydrogens (tertiary/aromatic N) is 2. The second-order valence-corrected chi connectivity index (χ2v) is 4.65. The molecule has 0 saturated carbocycles. The molecule has 0 heterocycles. The molecule has 0 radical (unpaired) electrons. The Morgan fingerprint density at radius 3 is 2.70 bits per heavy atom. The Labute approximate surface area is 119 Å². The summed E-state index contributed by atoms with van der Waals surface area (Å²) in [5.41, 5.74) is 6.52. The highest BCUT2D eigenvalue weighted by Crippen LogP contribution is 2.10. The summed E-state index contributed by atoms with van der Waals surface area (Å²) in [6, 6.07) is 10.0. The van der Waals surface area contributed by atoms with Crippen LogP contribution in [-0.4, -0.2) is 37.1 Å². The third kappa shape index (κ3) is 4.79. The monoisotopic (exact) mass is 278 g/mol. The van der Waals surface area contributed by atoms with Crippen molar-refractivity contribution >= 4 is 17.4 Å². The van der Waals surface area contributed by atoms with Crippen LogP contribution in [0.3, 0.4) is 0 Å². The average Bonchev–Trinajstić information content (AvgIpc) is 2.50. The van der Waals surface area contributed by atoms with E-state index in [9.17, 15) is 4.79 Å². The van der Waals surface area contributed by atoms with Gasteiger partial charge in [0.15, 0.2) is 5.84 Å². The number of carbonyl (C=O) groups excluding carboxylic acids is 1. The lowest BCUT2D eigenvalue weighted by atomic mass is 10.1. The van der Waals surface area contributed by atoms with Gasteiger partial charge in [0.05, 0.1) is 5.92 Å². The molecule has 6 nitrogen and oxygen atoms in total. The van der Waals surface area contributed by atoms with E-state index in [-0.39, 0.29) is 11.7 Å². The fourth-order valence-electron chi connectivity index (χ4n) is 1.71. The summed E-state index contributed by atoms with van der Waals surface area (Å²) in [7, 11) is 2.01. The van der Waals surface area contributed by atoms with Crippen LogP contribution in [0.1, 0.15) is 13.3 Å². The van der Waals surface area contributed by atoms with Crippen LogP contribution in [0, 0.1) is 5.92 Å². The summed E-state index contributed by atoms with van der Waals surface area (Å²) in [5.74, 6) is -0.932. The fraction of sp³-hybridized carbons (Fsp3) is 0.429. The fourth-order valence-corrected chi connectivity index (χ4v) is 1.71. The van der Waals surface area contributed by atoms with Crippen molar-refractivity contribution in [1.82, 2.24) is 5.32 Å². The lowest BCUT2D eigenvalue weighted by molar-refractivity contribution is -0.122. The lowest BCUT2D eigenvalue weighted by Crippen LogP contribution is -2.38. The standard InChI is InChI=1S/C14H22N4O2/c1-11(13(15)17-20)14(19)16-9-6-10-18(2)12-7-4-3-5-8-12/h3-5,7-8,11,20H,6,9-10H2,1-2H3,(H2,15,17)(H,16,19). The third-order valence-corrected chi connectivity index (χ3v) is 3.12. The first-order valence-electron chi connectivity index (χ1n) is 6.57. The van der Waals surface area contributed by atoms with Gasteiger partial charge in [-0.25, -0.2) is 0 Å². The summed E-state index contributed by atoms with van der Waals surface area (Å²) >= 11 is 0. The first-order chi connectivity index (χ1) is 9.56. The van der Waals surface area contributed by atoms with Gasteiger partial charge in [-0.05, 0) is 25.5 Å². The highest BCUT2D eigenvalue weighted by Gasteiger charge is 2.16. The maximum atomic E-state index is 11.7. The molecule has 1 atom stereocenters. The van der Waals surface area contributed by atoms with Gasteiger partial charge in [0.2, 0.25) is 5.91 Å². The van der Waals surface area contributed by atoms with E-state index in [1.165, 1.54) is 0 Å². The number of anilines is 1. The molecule has 6 heteroatoms. The number of amides is 1. The molecular formula is C14H22N4O2. The number of rotatable bonds is 7. The van der Waals surface area contributed by atoms with Gasteiger partial charge in [0.1, 0.15) is 0 Å². The Kier molecular flexibility index (Phi) is 6.36. The predicted octanol–water partition coefficient (Wildman–Crippen LogP) is 1.01. The van der Waals surface area contributed by atoms with Crippen molar-refractivity contribution in [1.29, 1.82) is 0 Å². The smallest absolute Gasteiger partial charge is 0.230 e. The lowest BCUT2D eigenvalue weighted by Gasteiger charge is -2.19. The van der Waals surface area contributed by atoms with E-state index in [1.807, 2.05) is 37.4 Å². The molecule has 1 amide bonds. The van der Waals surface area contributed by atoms with E-state index in [4.69, 9.17) is 10.9 Å². The van der Waals surface area contributed by atoms with Gasteiger partial charge in [-0.15, -0.1) is 0 Å². The van der Waals surface area contributed by atoms with Crippen LogP contribution in [0.5, 0.6) is 0 Å². The molecule has 0 aliphatic rings. The summed E-state index contributed by atoms with van der Waals surface area (Å²) in [5, 5.41) is 14.1. The maximum Gasteiger partial charge on any atom is 0.230 e. The molecule has 1 rings (SSSR count). The quantitative estimate of drug-likeness (QED) is 0.228. The highest BCUT2D eigenvalue weighted by molar-refractivity contribution is 6.01. The molecule has 20 heavy (non-hydrogen) atoms. The molecule has 1 unspecified atom stereocenters. The predicted molar refractivity (Wildman–Crippen MR) is 79.9 cm³/mol. The second kappa shape index (κ2) is 8.04.